The zero-order valence-corrected chi connectivity index (χ0v) is 15.8. The van der Waals surface area contributed by atoms with Gasteiger partial charge in [-0.2, -0.15) is 0 Å². The van der Waals surface area contributed by atoms with Gasteiger partial charge < -0.3 is 16.0 Å². The van der Waals surface area contributed by atoms with Crippen molar-refractivity contribution in [1.82, 2.24) is 9.97 Å². The topological polar surface area (TPSA) is 66.7 Å². The standard InChI is InChI=1S/C22H23ClN4/c23-18-6-7-19-17(15-26-20(19)12-18)8-10-22(9-3-4-16(13-22)14-24)27-21-5-1-2-11-25-21/h1-7,9,11-12,15,26H,8,10,13-14,24H2,(H,25,27). The molecule has 0 saturated carbocycles. The van der Waals surface area contributed by atoms with Gasteiger partial charge >= 0.3 is 0 Å². The highest BCUT2D eigenvalue weighted by molar-refractivity contribution is 6.31. The molecule has 2 aromatic heterocycles. The second-order valence-corrected chi connectivity index (χ2v) is 7.50. The van der Waals surface area contributed by atoms with E-state index in [0.29, 0.717) is 6.54 Å². The van der Waals surface area contributed by atoms with E-state index in [1.807, 2.05) is 36.5 Å². The first kappa shape index (κ1) is 17.8. The van der Waals surface area contributed by atoms with Crippen molar-refractivity contribution in [1.29, 1.82) is 0 Å². The van der Waals surface area contributed by atoms with Crippen LogP contribution in [0.15, 0.2) is 72.6 Å². The van der Waals surface area contributed by atoms with E-state index in [-0.39, 0.29) is 5.54 Å². The number of rotatable bonds is 6. The van der Waals surface area contributed by atoms with Crippen molar-refractivity contribution in [3.63, 3.8) is 0 Å². The molecule has 2 heterocycles. The number of anilines is 1. The number of pyridine rings is 1. The monoisotopic (exact) mass is 378 g/mol. The van der Waals surface area contributed by atoms with Gasteiger partial charge in [-0.15, -0.1) is 0 Å². The molecule has 4 rings (SSSR count). The maximum Gasteiger partial charge on any atom is 0.126 e. The van der Waals surface area contributed by atoms with Crippen LogP contribution in [0.5, 0.6) is 0 Å². The van der Waals surface area contributed by atoms with Crippen LogP contribution in [0.25, 0.3) is 10.9 Å². The molecule has 4 N–H and O–H groups in total. The van der Waals surface area contributed by atoms with Crippen LogP contribution in [0.1, 0.15) is 18.4 Å². The average Bonchev–Trinajstić information content (AvgIpc) is 3.09. The Balaban J connectivity index is 1.59. The first-order valence-corrected chi connectivity index (χ1v) is 9.57. The summed E-state index contributed by atoms with van der Waals surface area (Å²) < 4.78 is 0. The predicted octanol–water partition coefficient (Wildman–Crippen LogP) is 4.84. The summed E-state index contributed by atoms with van der Waals surface area (Å²) in [5.41, 5.74) is 9.34. The van der Waals surface area contributed by atoms with E-state index in [9.17, 15) is 0 Å². The number of aromatic nitrogens is 2. The molecule has 4 nitrogen and oxygen atoms in total. The summed E-state index contributed by atoms with van der Waals surface area (Å²) in [4.78, 5) is 7.79. The van der Waals surface area contributed by atoms with Gasteiger partial charge in [-0.25, -0.2) is 4.98 Å². The Morgan fingerprint density at radius 1 is 1.26 bits per heavy atom. The summed E-state index contributed by atoms with van der Waals surface area (Å²) in [6, 6.07) is 11.9. The number of hydrogen-bond donors (Lipinski definition) is 3. The Hall–Kier alpha value is -2.56. The number of nitrogens with one attached hydrogen (secondary N) is 2. The lowest BCUT2D eigenvalue weighted by atomic mass is 9.81. The molecule has 0 fully saturated rings. The SMILES string of the molecule is NCC1=CC=CC(CCc2c[nH]c3cc(Cl)ccc23)(Nc2ccccn2)C1. The van der Waals surface area contributed by atoms with Gasteiger partial charge in [0.15, 0.2) is 0 Å². The van der Waals surface area contributed by atoms with Crippen molar-refractivity contribution in [2.75, 3.05) is 11.9 Å². The highest BCUT2D eigenvalue weighted by atomic mass is 35.5. The fourth-order valence-electron chi connectivity index (χ4n) is 3.77. The quantitative estimate of drug-likeness (QED) is 0.574. The predicted molar refractivity (Wildman–Crippen MR) is 113 cm³/mol. The molecule has 1 unspecified atom stereocenters. The third-order valence-corrected chi connectivity index (χ3v) is 5.40. The molecule has 0 bridgehead atoms. The molecule has 0 amide bonds. The zero-order chi connectivity index (χ0) is 18.7. The number of nitrogens with two attached hydrogens (primary N) is 1. The lowest BCUT2D eigenvalue weighted by Gasteiger charge is -2.35. The molecule has 0 aliphatic heterocycles. The lowest BCUT2D eigenvalue weighted by Crippen LogP contribution is -2.39. The number of aryl methyl sites for hydroxylation is 1. The van der Waals surface area contributed by atoms with Crippen LogP contribution in [0.4, 0.5) is 5.82 Å². The van der Waals surface area contributed by atoms with E-state index >= 15 is 0 Å². The van der Waals surface area contributed by atoms with E-state index in [1.165, 1.54) is 16.5 Å². The molecule has 27 heavy (non-hydrogen) atoms. The highest BCUT2D eigenvalue weighted by Crippen LogP contribution is 2.32. The maximum absolute atomic E-state index is 6.11. The minimum absolute atomic E-state index is 0.201. The molecule has 1 aromatic carbocycles. The Kier molecular flexibility index (Phi) is 5.01. The zero-order valence-electron chi connectivity index (χ0n) is 15.1. The number of H-pyrrole nitrogens is 1. The largest absolute Gasteiger partial charge is 0.361 e. The fraction of sp³-hybridized carbons (Fsp3) is 0.227. The number of fused-ring (bicyclic) bond motifs is 1. The van der Waals surface area contributed by atoms with Crippen molar-refractivity contribution < 1.29 is 0 Å². The highest BCUT2D eigenvalue weighted by Gasteiger charge is 2.30. The Morgan fingerprint density at radius 3 is 3.00 bits per heavy atom. The molecule has 0 spiro atoms. The molecule has 3 aromatic rings. The van der Waals surface area contributed by atoms with Crippen LogP contribution in [0.2, 0.25) is 5.02 Å². The summed E-state index contributed by atoms with van der Waals surface area (Å²) in [5, 5.41) is 5.62. The van der Waals surface area contributed by atoms with Gasteiger partial charge in [0.25, 0.3) is 0 Å². The second kappa shape index (κ2) is 7.59. The molecule has 1 aliphatic carbocycles. The molecule has 5 heteroatoms. The Bertz CT molecular complexity index is 990. The van der Waals surface area contributed by atoms with Gasteiger partial charge in [0, 0.05) is 34.9 Å². The van der Waals surface area contributed by atoms with Crippen LogP contribution in [0.3, 0.4) is 0 Å². The average molecular weight is 379 g/mol. The van der Waals surface area contributed by atoms with Gasteiger partial charge in [0.1, 0.15) is 5.82 Å². The summed E-state index contributed by atoms with van der Waals surface area (Å²) in [6.45, 7) is 0.571. The van der Waals surface area contributed by atoms with Gasteiger partial charge in [0.05, 0.1) is 5.54 Å². The van der Waals surface area contributed by atoms with Crippen LogP contribution < -0.4 is 11.1 Å². The van der Waals surface area contributed by atoms with Gasteiger partial charge in [-0.1, -0.05) is 47.5 Å². The van der Waals surface area contributed by atoms with Crippen molar-refractivity contribution in [2.45, 2.75) is 24.8 Å². The normalized spacial score (nSPS) is 19.3. The lowest BCUT2D eigenvalue weighted by molar-refractivity contribution is 0.512. The molecular weight excluding hydrogens is 356 g/mol. The first-order valence-electron chi connectivity index (χ1n) is 9.19. The van der Waals surface area contributed by atoms with E-state index in [4.69, 9.17) is 17.3 Å². The third kappa shape index (κ3) is 3.92. The summed E-state index contributed by atoms with van der Waals surface area (Å²) in [5.74, 6) is 0.881. The number of benzene rings is 1. The molecular formula is C22H23ClN4. The molecule has 1 atom stereocenters. The van der Waals surface area contributed by atoms with Crippen molar-refractivity contribution in [3.8, 4) is 0 Å². The molecule has 1 aliphatic rings. The second-order valence-electron chi connectivity index (χ2n) is 7.06. The van der Waals surface area contributed by atoms with E-state index in [2.05, 4.69) is 45.8 Å². The number of hydrogen-bond acceptors (Lipinski definition) is 3. The summed E-state index contributed by atoms with van der Waals surface area (Å²) >= 11 is 6.11. The van der Waals surface area contributed by atoms with Crippen molar-refractivity contribution >= 4 is 28.3 Å². The minimum Gasteiger partial charge on any atom is -0.361 e. The van der Waals surface area contributed by atoms with Crippen LogP contribution in [-0.4, -0.2) is 22.1 Å². The van der Waals surface area contributed by atoms with Crippen LogP contribution in [0, 0.1) is 0 Å². The Morgan fingerprint density at radius 2 is 2.19 bits per heavy atom. The number of allylic oxidation sites excluding steroid dienone is 2. The smallest absolute Gasteiger partial charge is 0.126 e. The molecule has 0 radical (unpaired) electrons. The van der Waals surface area contributed by atoms with E-state index in [0.717, 1.165) is 35.6 Å². The van der Waals surface area contributed by atoms with Crippen molar-refractivity contribution in [3.05, 3.63) is 83.2 Å². The number of halogens is 1. The van der Waals surface area contributed by atoms with E-state index < -0.39 is 0 Å². The maximum atomic E-state index is 6.11. The minimum atomic E-state index is -0.201. The van der Waals surface area contributed by atoms with Crippen LogP contribution >= 0.6 is 11.6 Å². The van der Waals surface area contributed by atoms with E-state index in [1.54, 1.807) is 0 Å². The fourth-order valence-corrected chi connectivity index (χ4v) is 3.94. The first-order chi connectivity index (χ1) is 13.2. The van der Waals surface area contributed by atoms with Crippen molar-refractivity contribution in [2.24, 2.45) is 5.73 Å². The van der Waals surface area contributed by atoms with Gasteiger partial charge in [-0.05, 0) is 49.1 Å². The third-order valence-electron chi connectivity index (χ3n) is 5.16. The number of aromatic amines is 1. The summed E-state index contributed by atoms with van der Waals surface area (Å²) in [6.07, 6.45) is 13.1. The van der Waals surface area contributed by atoms with Gasteiger partial charge in [-0.3, -0.25) is 0 Å². The Labute approximate surface area is 164 Å². The molecule has 0 saturated heterocycles. The van der Waals surface area contributed by atoms with Gasteiger partial charge in [0.2, 0.25) is 0 Å². The van der Waals surface area contributed by atoms with Crippen LogP contribution in [-0.2, 0) is 6.42 Å². The molecule has 138 valence electrons. The number of nitrogens with zero attached hydrogens (tertiary/aromatic N) is 1. The summed E-state index contributed by atoms with van der Waals surface area (Å²) in [7, 11) is 0.